The van der Waals surface area contributed by atoms with Gasteiger partial charge in [-0.25, -0.2) is 0 Å². The van der Waals surface area contributed by atoms with Gasteiger partial charge in [-0.05, 0) is 13.8 Å². The van der Waals surface area contributed by atoms with Crippen molar-refractivity contribution in [2.75, 3.05) is 6.61 Å². The number of fused-ring (bicyclic) bond motifs is 1. The molecule has 0 radical (unpaired) electrons. The number of hydrogen-bond acceptors (Lipinski definition) is 8. The predicted octanol–water partition coefficient (Wildman–Crippen LogP) is -0.834. The van der Waals surface area contributed by atoms with Crippen molar-refractivity contribution < 1.29 is 48.1 Å². The van der Waals surface area contributed by atoms with Gasteiger partial charge in [0.1, 0.15) is 18.8 Å². The molecule has 0 unspecified atom stereocenters. The number of pyridine rings is 1. The molecule has 10 nitrogen and oxygen atoms in total. The van der Waals surface area contributed by atoms with Gasteiger partial charge in [-0.3, -0.25) is 9.59 Å². The lowest BCUT2D eigenvalue weighted by Crippen LogP contribution is -2.45. The maximum atomic E-state index is 11.7. The van der Waals surface area contributed by atoms with E-state index in [1.807, 2.05) is 49.0 Å². The number of aromatic nitrogens is 1. The Morgan fingerprint density at radius 2 is 1.79 bits per heavy atom. The van der Waals surface area contributed by atoms with E-state index in [0.29, 0.717) is 0 Å². The summed E-state index contributed by atoms with van der Waals surface area (Å²) in [7, 11) is 0. The van der Waals surface area contributed by atoms with E-state index in [0.717, 1.165) is 0 Å². The largest absolute Gasteiger partial charge is 0.554 e. The predicted molar refractivity (Wildman–Crippen MR) is 88.3 cm³/mol. The van der Waals surface area contributed by atoms with Gasteiger partial charge < -0.3 is 34.0 Å². The highest BCUT2D eigenvalue weighted by molar-refractivity contribution is 5.76. The second-order valence-corrected chi connectivity index (χ2v) is 6.63. The van der Waals surface area contributed by atoms with Crippen molar-refractivity contribution in [1.82, 2.24) is 0 Å². The lowest BCUT2D eigenvalue weighted by molar-refractivity contribution is -0.766. The van der Waals surface area contributed by atoms with Crippen molar-refractivity contribution in [3.05, 3.63) is 30.6 Å². The standard InChI is InChI=1S/C17H21NO7.CH2O2/c1-17(2)24-14-11(10-22-13(21)7-6-12(19)20)23-16(15(14)25-17)18-8-4-3-5-9-18;2-1-3/h3-5,8-9,11,14-16H,6-7,10H2,1-2H3;1H,(H,2,3)/t11-,14-,15-,16-;/m1./s1. The van der Waals surface area contributed by atoms with Gasteiger partial charge >= 0.3 is 11.9 Å². The summed E-state index contributed by atoms with van der Waals surface area (Å²) in [6.45, 7) is 3.14. The Bertz CT molecular complexity index is 679. The molecule has 2 aliphatic heterocycles. The van der Waals surface area contributed by atoms with Gasteiger partial charge in [0, 0.05) is 18.6 Å². The van der Waals surface area contributed by atoms with Gasteiger partial charge in [-0.1, -0.05) is 6.07 Å². The van der Waals surface area contributed by atoms with Gasteiger partial charge in [0.25, 0.3) is 6.23 Å². The van der Waals surface area contributed by atoms with Crippen LogP contribution < -0.4 is 9.67 Å². The summed E-state index contributed by atoms with van der Waals surface area (Å²) < 4.78 is 24.9. The van der Waals surface area contributed by atoms with Crippen molar-refractivity contribution in [2.24, 2.45) is 0 Å². The Labute approximate surface area is 161 Å². The number of carboxylic acid groups (broad SMARTS) is 2. The number of nitrogens with zero attached hydrogens (tertiary/aromatic N) is 1. The minimum atomic E-state index is -1.04. The van der Waals surface area contributed by atoms with Crippen molar-refractivity contribution in [3.8, 4) is 0 Å². The van der Waals surface area contributed by atoms with Gasteiger partial charge in [-0.2, -0.15) is 4.57 Å². The Morgan fingerprint density at radius 3 is 2.39 bits per heavy atom. The van der Waals surface area contributed by atoms with E-state index >= 15 is 0 Å². The van der Waals surface area contributed by atoms with Crippen molar-refractivity contribution in [3.63, 3.8) is 0 Å². The van der Waals surface area contributed by atoms with Gasteiger partial charge in [0.05, 0.1) is 12.8 Å². The molecule has 0 amide bonds. The zero-order valence-corrected chi connectivity index (χ0v) is 15.6. The molecular weight excluding hydrogens is 374 g/mol. The topological polar surface area (TPSA) is 135 Å². The van der Waals surface area contributed by atoms with Crippen LogP contribution in [0, 0.1) is 0 Å². The second-order valence-electron chi connectivity index (χ2n) is 6.63. The average Bonchev–Trinajstić information content (AvgIpc) is 3.12. The second kappa shape index (κ2) is 9.58. The number of carboxylic acids is 1. The highest BCUT2D eigenvalue weighted by atomic mass is 16.8. The first kappa shape index (κ1) is 21.7. The maximum absolute atomic E-state index is 11.7. The summed E-state index contributed by atoms with van der Waals surface area (Å²) in [5.74, 6) is -2.36. The lowest BCUT2D eigenvalue weighted by atomic mass is 10.1. The summed E-state index contributed by atoms with van der Waals surface area (Å²) in [6, 6.07) is 5.68. The maximum Gasteiger partial charge on any atom is 0.306 e. The normalized spacial score (nSPS) is 27.2. The van der Waals surface area contributed by atoms with Crippen LogP contribution in [0.25, 0.3) is 0 Å². The van der Waals surface area contributed by atoms with Crippen molar-refractivity contribution in [2.45, 2.75) is 57.0 Å². The van der Waals surface area contributed by atoms with E-state index in [9.17, 15) is 9.59 Å². The molecule has 0 bridgehead atoms. The number of ether oxygens (including phenoxy) is 4. The summed E-state index contributed by atoms with van der Waals surface area (Å²) >= 11 is 0. The van der Waals surface area contributed by atoms with Crippen molar-refractivity contribution >= 4 is 18.4 Å². The number of carbonyl (C=O) groups is 3. The molecule has 0 aromatic carbocycles. The fraction of sp³-hybridized carbons (Fsp3) is 0.556. The molecule has 28 heavy (non-hydrogen) atoms. The molecule has 1 aromatic rings. The van der Waals surface area contributed by atoms with E-state index in [1.54, 1.807) is 0 Å². The SMILES string of the molecule is CC1(C)O[C@@H]2[C@H](O1)[C@@H](COC(=O)CCC(=O)O)O[C@H]2[n+]1ccccc1.O=C[O-]. The molecule has 0 saturated carbocycles. The Kier molecular flexibility index (Phi) is 7.44. The van der Waals surface area contributed by atoms with Crippen molar-refractivity contribution in [1.29, 1.82) is 0 Å². The Hall–Kier alpha value is -2.56. The smallest absolute Gasteiger partial charge is 0.306 e. The van der Waals surface area contributed by atoms with Crippen LogP contribution in [0.4, 0.5) is 0 Å². The van der Waals surface area contributed by atoms with Crippen LogP contribution in [0.2, 0.25) is 0 Å². The van der Waals surface area contributed by atoms with Crippen LogP contribution in [0.1, 0.15) is 32.9 Å². The summed E-state index contributed by atoms with van der Waals surface area (Å²) in [5.41, 5.74) is 0. The number of esters is 1. The number of hydrogen-bond donors (Lipinski definition) is 1. The minimum absolute atomic E-state index is 0.0110. The Morgan fingerprint density at radius 1 is 1.18 bits per heavy atom. The summed E-state index contributed by atoms with van der Waals surface area (Å²) in [4.78, 5) is 30.4. The molecule has 2 saturated heterocycles. The highest BCUT2D eigenvalue weighted by Gasteiger charge is 2.59. The van der Waals surface area contributed by atoms with E-state index < -0.39 is 36.5 Å². The van der Waals surface area contributed by atoms with Crippen LogP contribution in [-0.4, -0.2) is 54.2 Å². The molecule has 0 aliphatic carbocycles. The van der Waals surface area contributed by atoms with Gasteiger partial charge in [0.2, 0.25) is 0 Å². The van der Waals surface area contributed by atoms with Crippen LogP contribution in [0.5, 0.6) is 0 Å². The molecule has 1 N–H and O–H groups in total. The molecule has 2 fully saturated rings. The van der Waals surface area contributed by atoms with E-state index in [-0.39, 0.29) is 31.7 Å². The first-order valence-electron chi connectivity index (χ1n) is 8.67. The zero-order valence-electron chi connectivity index (χ0n) is 15.6. The molecule has 3 heterocycles. The molecule has 2 aliphatic rings. The summed E-state index contributed by atoms with van der Waals surface area (Å²) in [5, 5.41) is 16.9. The highest BCUT2D eigenvalue weighted by Crippen LogP contribution is 2.41. The first-order chi connectivity index (χ1) is 13.3. The van der Waals surface area contributed by atoms with Crippen LogP contribution >= 0.6 is 0 Å². The third-order valence-corrected chi connectivity index (χ3v) is 4.11. The van der Waals surface area contributed by atoms with Crippen LogP contribution in [0.3, 0.4) is 0 Å². The molecule has 1 aromatic heterocycles. The average molecular weight is 397 g/mol. The number of rotatable bonds is 6. The van der Waals surface area contributed by atoms with E-state index in [1.165, 1.54) is 0 Å². The first-order valence-corrected chi connectivity index (χ1v) is 8.67. The van der Waals surface area contributed by atoms with Gasteiger partial charge in [0.15, 0.2) is 24.3 Å². The van der Waals surface area contributed by atoms with Crippen LogP contribution in [0.15, 0.2) is 30.6 Å². The zero-order chi connectivity index (χ0) is 20.7. The molecule has 10 heteroatoms. The number of carbonyl (C=O) groups excluding carboxylic acids is 2. The third kappa shape index (κ3) is 5.72. The van der Waals surface area contributed by atoms with Crippen LogP contribution in [-0.2, 0) is 33.3 Å². The molecule has 3 rings (SSSR count). The summed E-state index contributed by atoms with van der Waals surface area (Å²) in [6.07, 6.45) is 1.73. The Balaban J connectivity index is 0.000000878. The third-order valence-electron chi connectivity index (χ3n) is 4.11. The fourth-order valence-electron chi connectivity index (χ4n) is 3.07. The molecule has 0 spiro atoms. The molecule has 4 atom stereocenters. The number of aliphatic carboxylic acids is 1. The minimum Gasteiger partial charge on any atom is -0.554 e. The van der Waals surface area contributed by atoms with E-state index in [2.05, 4.69) is 0 Å². The molecule has 154 valence electrons. The van der Waals surface area contributed by atoms with Gasteiger partial charge in [-0.15, -0.1) is 0 Å². The lowest BCUT2D eigenvalue weighted by Gasteiger charge is -2.22. The monoisotopic (exact) mass is 397 g/mol. The fourth-order valence-corrected chi connectivity index (χ4v) is 3.07. The quantitative estimate of drug-likeness (QED) is 0.370. The van der Waals surface area contributed by atoms with E-state index in [4.69, 9.17) is 34.0 Å². The molecular formula is C18H23NO9.